The van der Waals surface area contributed by atoms with E-state index in [-0.39, 0.29) is 7.25 Å². The minimum atomic E-state index is -4.55. The molecule has 4 heteroatoms. The van der Waals surface area contributed by atoms with E-state index in [0.29, 0.717) is 0 Å². The molecule has 0 amide bonds. The first kappa shape index (κ1) is 24.2. The van der Waals surface area contributed by atoms with Crippen molar-refractivity contribution < 1.29 is 15.6 Å². The van der Waals surface area contributed by atoms with E-state index in [1.807, 2.05) is 12.2 Å². The Kier molecular flexibility index (Phi) is 6.58. The van der Waals surface area contributed by atoms with Crippen LogP contribution in [-0.2, 0) is 15.6 Å². The number of allylic oxidation sites excluding steroid dienone is 2. The third-order valence-electron chi connectivity index (χ3n) is 7.83. The standard InChI is InChI=1S/2C13H13.C2H7Si.2ClH.Zr/c2*1-3-10-8-12-7-5-6-11(4-2)13(12)9-10;1-3-2;;;/h2*4-9H,2-3H2,1H3;3H,1-2H3;2*1H;/q;;;;;+2/p-2. The van der Waals surface area contributed by atoms with Crippen LogP contribution >= 0.6 is 17.0 Å². The van der Waals surface area contributed by atoms with Crippen LogP contribution in [0.3, 0.4) is 0 Å². The molecule has 2 aliphatic carbocycles. The third kappa shape index (κ3) is 3.32. The zero-order valence-electron chi connectivity index (χ0n) is 19.6. The number of rotatable bonds is 7. The van der Waals surface area contributed by atoms with E-state index in [1.54, 1.807) is 0 Å². The predicted octanol–water partition coefficient (Wildman–Crippen LogP) is 9.35. The van der Waals surface area contributed by atoms with Crippen molar-refractivity contribution in [3.63, 3.8) is 0 Å². The van der Waals surface area contributed by atoms with Gasteiger partial charge in [0.05, 0.1) is 0 Å². The molecule has 0 aliphatic heterocycles. The average Bonchev–Trinajstić information content (AvgIpc) is 3.37. The van der Waals surface area contributed by atoms with Crippen LogP contribution in [0.4, 0.5) is 0 Å². The van der Waals surface area contributed by atoms with Gasteiger partial charge in [0.2, 0.25) is 0 Å². The van der Waals surface area contributed by atoms with Crippen LogP contribution < -0.4 is 0 Å². The number of benzene rings is 2. The van der Waals surface area contributed by atoms with E-state index in [2.05, 4.69) is 88.6 Å². The van der Waals surface area contributed by atoms with Gasteiger partial charge in [-0.15, -0.1) is 0 Å². The van der Waals surface area contributed by atoms with Gasteiger partial charge in [-0.1, -0.05) is 0 Å². The first-order valence-electron chi connectivity index (χ1n) is 11.7. The molecule has 2 aromatic rings. The van der Waals surface area contributed by atoms with Gasteiger partial charge in [0.25, 0.3) is 0 Å². The Morgan fingerprint density at radius 1 is 0.812 bits per heavy atom. The summed E-state index contributed by atoms with van der Waals surface area (Å²) in [5, 5.41) is 0. The van der Waals surface area contributed by atoms with Crippen LogP contribution in [0.5, 0.6) is 0 Å². The van der Waals surface area contributed by atoms with E-state index in [9.17, 15) is 0 Å². The Morgan fingerprint density at radius 2 is 1.22 bits per heavy atom. The molecule has 0 fully saturated rings. The average molecular weight is 560 g/mol. The summed E-state index contributed by atoms with van der Waals surface area (Å²) in [4.78, 5) is 0. The maximum atomic E-state index is 8.24. The molecular formula is C28H33Cl2SiZr. The van der Waals surface area contributed by atoms with Crippen LogP contribution in [-0.4, -0.2) is 5.92 Å². The summed E-state index contributed by atoms with van der Waals surface area (Å²) in [5.74, 6) is -1.49. The molecule has 0 bridgehead atoms. The minimum absolute atomic E-state index is 0.157. The second-order valence-corrected chi connectivity index (χ2v) is 52.0. The van der Waals surface area contributed by atoms with Crippen LogP contribution in [0.1, 0.15) is 67.3 Å². The van der Waals surface area contributed by atoms with Crippen molar-refractivity contribution >= 4 is 47.3 Å². The van der Waals surface area contributed by atoms with Crippen molar-refractivity contribution in [3.8, 4) is 0 Å². The third-order valence-corrected chi connectivity index (χ3v) is 59.7. The van der Waals surface area contributed by atoms with Gasteiger partial charge in [0, 0.05) is 0 Å². The fraction of sp³-hybridized carbons (Fsp3) is 0.286. The molecule has 2 atom stereocenters. The van der Waals surface area contributed by atoms with Crippen molar-refractivity contribution in [2.24, 2.45) is 0 Å². The first-order chi connectivity index (χ1) is 15.2. The maximum absolute atomic E-state index is 8.24. The Hall–Kier alpha value is -0.920. The summed E-state index contributed by atoms with van der Waals surface area (Å²) in [6.45, 7) is 17.4. The molecule has 0 aromatic heterocycles. The van der Waals surface area contributed by atoms with Gasteiger partial charge in [-0.25, -0.2) is 0 Å². The summed E-state index contributed by atoms with van der Waals surface area (Å²) < 4.78 is 0.314. The van der Waals surface area contributed by atoms with E-state index in [4.69, 9.17) is 17.0 Å². The van der Waals surface area contributed by atoms with E-state index < -0.39 is 21.5 Å². The van der Waals surface area contributed by atoms with Crippen LogP contribution in [0.2, 0.25) is 13.1 Å². The van der Waals surface area contributed by atoms with Gasteiger partial charge in [-0.2, -0.15) is 0 Å². The summed E-state index contributed by atoms with van der Waals surface area (Å²) in [7, 11) is 16.5. The summed E-state index contributed by atoms with van der Waals surface area (Å²) >= 11 is -4.55. The van der Waals surface area contributed by atoms with Crippen LogP contribution in [0.15, 0.2) is 60.7 Å². The monoisotopic (exact) mass is 557 g/mol. The molecule has 4 rings (SSSR count). The molecule has 2 aliphatic rings. The normalized spacial score (nSPS) is 20.8. The molecule has 167 valence electrons. The summed E-state index contributed by atoms with van der Waals surface area (Å²) in [6, 6.07) is 13.1. The molecule has 0 N–H and O–H groups in total. The molecule has 0 heterocycles. The Labute approximate surface area is 202 Å². The fourth-order valence-corrected chi connectivity index (χ4v) is 37.9. The topological polar surface area (TPSA) is 0 Å². The Bertz CT molecular complexity index is 1090. The van der Waals surface area contributed by atoms with E-state index in [0.717, 1.165) is 12.8 Å². The van der Waals surface area contributed by atoms with Crippen molar-refractivity contribution in [1.29, 1.82) is 0 Å². The SMILES string of the molecule is C=Cc1cccc2c1C=C(CC)[CH]2[Zr]([Cl])([Cl])([CH]1C(CC)=Cc2c(C=C)cccc21)[SiH](C)C. The van der Waals surface area contributed by atoms with Crippen molar-refractivity contribution in [2.45, 2.75) is 47.0 Å². The van der Waals surface area contributed by atoms with Crippen molar-refractivity contribution in [3.05, 3.63) is 94.1 Å². The van der Waals surface area contributed by atoms with Crippen molar-refractivity contribution in [1.82, 2.24) is 0 Å². The molecule has 2 unspecified atom stereocenters. The fourth-order valence-electron chi connectivity index (χ4n) is 6.08. The molecule has 32 heavy (non-hydrogen) atoms. The van der Waals surface area contributed by atoms with Crippen LogP contribution in [0, 0.1) is 0 Å². The summed E-state index contributed by atoms with van der Waals surface area (Å²) in [5.41, 5.74) is 10.4. The van der Waals surface area contributed by atoms with Gasteiger partial charge < -0.3 is 0 Å². The predicted molar refractivity (Wildman–Crippen MR) is 146 cm³/mol. The zero-order valence-corrected chi connectivity index (χ0v) is 24.7. The summed E-state index contributed by atoms with van der Waals surface area (Å²) in [6.07, 6.45) is 10.6. The Balaban J connectivity index is 2.04. The molecule has 0 nitrogen and oxygen atoms in total. The second kappa shape index (κ2) is 8.70. The van der Waals surface area contributed by atoms with Crippen LogP contribution in [0.25, 0.3) is 24.3 Å². The second-order valence-electron chi connectivity index (χ2n) is 9.50. The van der Waals surface area contributed by atoms with E-state index in [1.165, 1.54) is 44.5 Å². The Morgan fingerprint density at radius 3 is 1.53 bits per heavy atom. The van der Waals surface area contributed by atoms with Gasteiger partial charge >= 0.3 is 204 Å². The molecular weight excluding hydrogens is 527 g/mol. The van der Waals surface area contributed by atoms with Gasteiger partial charge in [0.15, 0.2) is 0 Å². The first-order valence-corrected chi connectivity index (χ1v) is 28.0. The molecule has 2 aromatic carbocycles. The molecule has 0 saturated carbocycles. The number of halogens is 2. The molecule has 0 radical (unpaired) electrons. The van der Waals surface area contributed by atoms with E-state index >= 15 is 0 Å². The number of fused-ring (bicyclic) bond motifs is 2. The molecule has 0 saturated heterocycles. The molecule has 0 spiro atoms. The number of hydrogen-bond donors (Lipinski definition) is 0. The van der Waals surface area contributed by atoms with Gasteiger partial charge in [0.1, 0.15) is 0 Å². The number of hydrogen-bond acceptors (Lipinski definition) is 0. The quantitative estimate of drug-likeness (QED) is 0.297. The van der Waals surface area contributed by atoms with Crippen molar-refractivity contribution in [2.75, 3.05) is 0 Å². The van der Waals surface area contributed by atoms with Gasteiger partial charge in [-0.3, -0.25) is 0 Å². The zero-order chi connectivity index (χ0) is 23.3. The van der Waals surface area contributed by atoms with Gasteiger partial charge in [-0.05, 0) is 0 Å².